The molecule has 2 rings (SSSR count). The average molecular weight is 254 g/mol. The van der Waals surface area contributed by atoms with Crippen LogP contribution < -0.4 is 9.26 Å². The van der Waals surface area contributed by atoms with Crippen LogP contribution in [0.25, 0.3) is 0 Å². The van der Waals surface area contributed by atoms with Crippen LogP contribution in [0, 0.1) is 6.92 Å². The van der Waals surface area contributed by atoms with Crippen molar-refractivity contribution in [1.29, 1.82) is 0 Å². The molecule has 1 fully saturated rings. The molecule has 1 aromatic rings. The molecule has 0 N–H and O–H groups in total. The van der Waals surface area contributed by atoms with E-state index in [-0.39, 0.29) is 6.10 Å². The molecule has 1 atom stereocenters. The van der Waals surface area contributed by atoms with Gasteiger partial charge in [-0.1, -0.05) is 6.07 Å². The monoisotopic (exact) mass is 254 g/mol. The van der Waals surface area contributed by atoms with Crippen molar-refractivity contribution in [2.45, 2.75) is 19.4 Å². The van der Waals surface area contributed by atoms with Gasteiger partial charge < -0.3 is 14.0 Å². The van der Waals surface area contributed by atoms with Gasteiger partial charge in [-0.3, -0.25) is 0 Å². The summed E-state index contributed by atoms with van der Waals surface area (Å²) in [5.41, 5.74) is 1.15. The zero-order valence-electron chi connectivity index (χ0n) is 10.6. The van der Waals surface area contributed by atoms with Crippen LogP contribution in [0.2, 0.25) is 0 Å². The van der Waals surface area contributed by atoms with Gasteiger partial charge in [-0.05, 0) is 31.9 Å². The highest BCUT2D eigenvalue weighted by Crippen LogP contribution is 2.34. The van der Waals surface area contributed by atoms with Crippen molar-refractivity contribution < 1.29 is 14.0 Å². The molecule has 94 valence electrons. The van der Waals surface area contributed by atoms with E-state index in [4.69, 9.17) is 14.0 Å². The van der Waals surface area contributed by atoms with Gasteiger partial charge in [0.15, 0.2) is 0 Å². The van der Waals surface area contributed by atoms with Crippen LogP contribution in [-0.4, -0.2) is 32.6 Å². The van der Waals surface area contributed by atoms with E-state index in [2.05, 4.69) is 20.3 Å². The van der Waals surface area contributed by atoms with Gasteiger partial charge in [0, 0.05) is 12.5 Å². The lowest BCUT2D eigenvalue weighted by atomic mass is 10.2. The van der Waals surface area contributed by atoms with Gasteiger partial charge in [-0.15, -0.1) is 0 Å². The standard InChI is InChI=1S/C13H19O3P/c1-10-4-5-11(8-13(10)16-17(2)3)15-12-6-7-14-9-12/h4-5,8,12H,6-7,9H2,1-3H3/t12-/m1/s1. The number of hydrogen-bond donors (Lipinski definition) is 0. The fourth-order valence-corrected chi connectivity index (χ4v) is 2.34. The Balaban J connectivity index is 2.06. The molecular formula is C13H19O3P. The van der Waals surface area contributed by atoms with Crippen molar-refractivity contribution in [1.82, 2.24) is 0 Å². The van der Waals surface area contributed by atoms with Crippen molar-refractivity contribution in [3.63, 3.8) is 0 Å². The van der Waals surface area contributed by atoms with Crippen LogP contribution in [0.15, 0.2) is 18.2 Å². The minimum atomic E-state index is -0.401. The number of aryl methyl sites for hydroxylation is 1. The van der Waals surface area contributed by atoms with E-state index in [0.29, 0.717) is 6.61 Å². The highest BCUT2D eigenvalue weighted by Gasteiger charge is 2.17. The zero-order chi connectivity index (χ0) is 12.3. The van der Waals surface area contributed by atoms with Crippen LogP contribution >= 0.6 is 8.15 Å². The molecular weight excluding hydrogens is 235 g/mol. The summed E-state index contributed by atoms with van der Waals surface area (Å²) in [7, 11) is -0.401. The number of hydrogen-bond acceptors (Lipinski definition) is 3. The van der Waals surface area contributed by atoms with E-state index in [1.807, 2.05) is 18.2 Å². The minimum Gasteiger partial charge on any atom is -0.488 e. The molecule has 1 saturated heterocycles. The summed E-state index contributed by atoms with van der Waals surface area (Å²) in [6, 6.07) is 6.02. The Morgan fingerprint density at radius 3 is 2.82 bits per heavy atom. The molecule has 0 amide bonds. The Morgan fingerprint density at radius 1 is 1.35 bits per heavy atom. The van der Waals surface area contributed by atoms with Crippen LogP contribution in [-0.2, 0) is 4.74 Å². The summed E-state index contributed by atoms with van der Waals surface area (Å²) < 4.78 is 17.0. The fraction of sp³-hybridized carbons (Fsp3) is 0.538. The first-order valence-corrected chi connectivity index (χ1v) is 8.01. The molecule has 3 nitrogen and oxygen atoms in total. The number of benzene rings is 1. The maximum atomic E-state index is 5.85. The predicted molar refractivity (Wildman–Crippen MR) is 70.4 cm³/mol. The van der Waals surface area contributed by atoms with E-state index < -0.39 is 8.15 Å². The van der Waals surface area contributed by atoms with Crippen LogP contribution in [0.5, 0.6) is 11.5 Å². The zero-order valence-corrected chi connectivity index (χ0v) is 11.5. The van der Waals surface area contributed by atoms with Crippen LogP contribution in [0.3, 0.4) is 0 Å². The Bertz CT molecular complexity index is 373. The van der Waals surface area contributed by atoms with Crippen molar-refractivity contribution in [2.24, 2.45) is 0 Å². The summed E-state index contributed by atoms with van der Waals surface area (Å²) in [5.74, 6) is 1.80. The molecule has 0 unspecified atom stereocenters. The van der Waals surface area contributed by atoms with Crippen LogP contribution in [0.1, 0.15) is 12.0 Å². The summed E-state index contributed by atoms with van der Waals surface area (Å²) >= 11 is 0. The first-order valence-electron chi connectivity index (χ1n) is 5.85. The van der Waals surface area contributed by atoms with E-state index in [1.165, 1.54) is 0 Å². The maximum Gasteiger partial charge on any atom is 0.129 e. The summed E-state index contributed by atoms with van der Waals surface area (Å²) in [6.07, 6.45) is 1.16. The molecule has 1 aliphatic rings. The molecule has 1 aliphatic heterocycles. The molecule has 1 heterocycles. The summed E-state index contributed by atoms with van der Waals surface area (Å²) in [6.45, 7) is 7.73. The second kappa shape index (κ2) is 5.70. The van der Waals surface area contributed by atoms with Gasteiger partial charge in [0.2, 0.25) is 0 Å². The van der Waals surface area contributed by atoms with Gasteiger partial charge in [-0.2, -0.15) is 0 Å². The highest BCUT2D eigenvalue weighted by atomic mass is 31.1. The molecule has 1 aromatic carbocycles. The van der Waals surface area contributed by atoms with E-state index in [9.17, 15) is 0 Å². The lowest BCUT2D eigenvalue weighted by molar-refractivity contribution is 0.141. The molecule has 0 radical (unpaired) electrons. The van der Waals surface area contributed by atoms with E-state index >= 15 is 0 Å². The predicted octanol–water partition coefficient (Wildman–Crippen LogP) is 3.20. The summed E-state index contributed by atoms with van der Waals surface area (Å²) in [5, 5.41) is 0. The van der Waals surface area contributed by atoms with Crippen molar-refractivity contribution in [3.05, 3.63) is 23.8 Å². The maximum absolute atomic E-state index is 5.85. The quantitative estimate of drug-likeness (QED) is 0.772. The smallest absolute Gasteiger partial charge is 0.129 e. The Morgan fingerprint density at radius 2 is 2.18 bits per heavy atom. The van der Waals surface area contributed by atoms with Gasteiger partial charge >= 0.3 is 0 Å². The number of ether oxygens (including phenoxy) is 2. The molecule has 0 aliphatic carbocycles. The lowest BCUT2D eigenvalue weighted by Gasteiger charge is -2.16. The number of rotatable bonds is 4. The minimum absolute atomic E-state index is 0.190. The first kappa shape index (κ1) is 12.7. The summed E-state index contributed by atoms with van der Waals surface area (Å²) in [4.78, 5) is 0. The third kappa shape index (κ3) is 3.58. The Labute approximate surface area is 104 Å². The highest BCUT2D eigenvalue weighted by molar-refractivity contribution is 7.51. The third-order valence-corrected chi connectivity index (χ3v) is 3.19. The van der Waals surface area contributed by atoms with Gasteiger partial charge in [-0.25, -0.2) is 0 Å². The normalized spacial score (nSPS) is 19.6. The Kier molecular flexibility index (Phi) is 4.25. The molecule has 0 aromatic heterocycles. The van der Waals surface area contributed by atoms with Crippen molar-refractivity contribution >= 4 is 8.15 Å². The molecule has 4 heteroatoms. The van der Waals surface area contributed by atoms with Crippen molar-refractivity contribution in [2.75, 3.05) is 26.5 Å². The first-order chi connectivity index (χ1) is 8.15. The van der Waals surface area contributed by atoms with E-state index in [0.717, 1.165) is 30.1 Å². The van der Waals surface area contributed by atoms with Gasteiger partial charge in [0.1, 0.15) is 17.6 Å². The average Bonchev–Trinajstić information content (AvgIpc) is 2.75. The second-order valence-corrected chi connectivity index (χ2v) is 6.24. The third-order valence-electron chi connectivity index (χ3n) is 2.63. The lowest BCUT2D eigenvalue weighted by Crippen LogP contribution is -2.15. The SMILES string of the molecule is Cc1ccc(O[C@@H]2CCOC2)cc1OP(C)C. The fourth-order valence-electron chi connectivity index (χ4n) is 1.75. The molecule has 0 spiro atoms. The van der Waals surface area contributed by atoms with E-state index in [1.54, 1.807) is 0 Å². The molecule has 0 bridgehead atoms. The second-order valence-electron chi connectivity index (χ2n) is 4.43. The van der Waals surface area contributed by atoms with Crippen LogP contribution in [0.4, 0.5) is 0 Å². The van der Waals surface area contributed by atoms with Crippen molar-refractivity contribution in [3.8, 4) is 11.5 Å². The molecule has 17 heavy (non-hydrogen) atoms. The largest absolute Gasteiger partial charge is 0.488 e. The van der Waals surface area contributed by atoms with Gasteiger partial charge in [0.05, 0.1) is 21.4 Å². The topological polar surface area (TPSA) is 27.7 Å². The van der Waals surface area contributed by atoms with Gasteiger partial charge in [0.25, 0.3) is 0 Å². The molecule has 0 saturated carbocycles. The Hall–Kier alpha value is -0.790.